The fourth-order valence-corrected chi connectivity index (χ4v) is 3.15. The van der Waals surface area contributed by atoms with E-state index in [0.717, 1.165) is 34.5 Å². The predicted octanol–water partition coefficient (Wildman–Crippen LogP) is 3.68. The van der Waals surface area contributed by atoms with Crippen LogP contribution in [0, 0.1) is 6.92 Å². The lowest BCUT2D eigenvalue weighted by atomic mass is 10.2. The van der Waals surface area contributed by atoms with Gasteiger partial charge in [-0.2, -0.15) is 0 Å². The number of carbonyl (C=O) groups excluding carboxylic acids is 2. The molecule has 0 saturated carbocycles. The van der Waals surface area contributed by atoms with Crippen molar-refractivity contribution in [1.29, 1.82) is 0 Å². The van der Waals surface area contributed by atoms with Crippen LogP contribution >= 0.6 is 0 Å². The van der Waals surface area contributed by atoms with Gasteiger partial charge >= 0.3 is 0 Å². The Bertz CT molecular complexity index is 931. The number of para-hydroxylation sites is 3. The summed E-state index contributed by atoms with van der Waals surface area (Å²) in [6.07, 6.45) is 1.64. The van der Waals surface area contributed by atoms with Gasteiger partial charge in [-0.15, -0.1) is 0 Å². The van der Waals surface area contributed by atoms with E-state index in [1.165, 1.54) is 0 Å². The summed E-state index contributed by atoms with van der Waals surface area (Å²) in [5, 5.41) is 2.89. The molecule has 1 heterocycles. The van der Waals surface area contributed by atoms with Crippen LogP contribution < -0.4 is 5.32 Å². The van der Waals surface area contributed by atoms with Crippen molar-refractivity contribution >= 4 is 28.5 Å². The van der Waals surface area contributed by atoms with E-state index in [-0.39, 0.29) is 18.4 Å². The predicted molar refractivity (Wildman–Crippen MR) is 111 cm³/mol. The molecule has 3 aromatic rings. The summed E-state index contributed by atoms with van der Waals surface area (Å²) in [7, 11) is 0. The summed E-state index contributed by atoms with van der Waals surface area (Å²) < 4.78 is 0. The largest absolute Gasteiger partial charge is 0.342 e. The Morgan fingerprint density at radius 1 is 1.11 bits per heavy atom. The zero-order valence-electron chi connectivity index (χ0n) is 16.4. The minimum atomic E-state index is -0.181. The van der Waals surface area contributed by atoms with Crippen LogP contribution in [0.25, 0.3) is 11.0 Å². The van der Waals surface area contributed by atoms with Crippen molar-refractivity contribution in [2.45, 2.75) is 33.1 Å². The van der Waals surface area contributed by atoms with Gasteiger partial charge in [0.2, 0.25) is 11.8 Å². The van der Waals surface area contributed by atoms with Crippen LogP contribution in [0.1, 0.15) is 31.2 Å². The number of aromatic nitrogens is 2. The average molecular weight is 378 g/mol. The van der Waals surface area contributed by atoms with E-state index < -0.39 is 0 Å². The van der Waals surface area contributed by atoms with E-state index >= 15 is 0 Å². The second-order valence-corrected chi connectivity index (χ2v) is 6.88. The molecule has 0 aliphatic rings. The first-order valence-electron chi connectivity index (χ1n) is 9.63. The SMILES string of the molecule is CCCN(CC(=O)Nc1ccccc1C)C(=O)CCc1nc2ccccc2[nH]1. The fraction of sp³-hybridized carbons (Fsp3) is 0.318. The summed E-state index contributed by atoms with van der Waals surface area (Å²) in [4.78, 5) is 34.5. The normalized spacial score (nSPS) is 10.8. The van der Waals surface area contributed by atoms with E-state index in [1.54, 1.807) is 4.90 Å². The lowest BCUT2D eigenvalue weighted by Crippen LogP contribution is -2.38. The second kappa shape index (κ2) is 9.17. The molecule has 0 bridgehead atoms. The van der Waals surface area contributed by atoms with Gasteiger partial charge in [0, 0.05) is 25.1 Å². The molecule has 6 heteroatoms. The molecule has 146 valence electrons. The third-order valence-electron chi connectivity index (χ3n) is 4.61. The first-order chi connectivity index (χ1) is 13.6. The van der Waals surface area contributed by atoms with Crippen molar-refractivity contribution in [1.82, 2.24) is 14.9 Å². The number of nitrogens with zero attached hydrogens (tertiary/aromatic N) is 2. The molecule has 0 radical (unpaired) electrons. The standard InChI is InChI=1S/C22H26N4O2/c1-3-14-26(15-21(27)25-17-9-5-4-8-16(17)2)22(28)13-12-20-23-18-10-6-7-11-19(18)24-20/h4-11H,3,12-15H2,1-2H3,(H,23,24)(H,25,27). The Kier molecular flexibility index (Phi) is 6.42. The number of amides is 2. The summed E-state index contributed by atoms with van der Waals surface area (Å²) >= 11 is 0. The van der Waals surface area contributed by atoms with Crippen LogP contribution in [-0.4, -0.2) is 39.8 Å². The maximum Gasteiger partial charge on any atom is 0.244 e. The average Bonchev–Trinajstić information content (AvgIpc) is 3.10. The summed E-state index contributed by atoms with van der Waals surface area (Å²) in [5.41, 5.74) is 3.63. The molecule has 0 spiro atoms. The zero-order chi connectivity index (χ0) is 19.9. The maximum atomic E-state index is 12.7. The number of anilines is 1. The van der Waals surface area contributed by atoms with Crippen LogP contribution in [0.3, 0.4) is 0 Å². The van der Waals surface area contributed by atoms with Crippen LogP contribution in [0.5, 0.6) is 0 Å². The highest BCUT2D eigenvalue weighted by Crippen LogP contribution is 2.14. The molecule has 6 nitrogen and oxygen atoms in total. The molecule has 0 aliphatic carbocycles. The topological polar surface area (TPSA) is 78.1 Å². The van der Waals surface area contributed by atoms with E-state index in [9.17, 15) is 9.59 Å². The number of fused-ring (bicyclic) bond motifs is 1. The van der Waals surface area contributed by atoms with Crippen molar-refractivity contribution < 1.29 is 9.59 Å². The number of aryl methyl sites for hydroxylation is 2. The monoisotopic (exact) mass is 378 g/mol. The maximum absolute atomic E-state index is 12.7. The number of carbonyl (C=O) groups is 2. The molecule has 1 aromatic heterocycles. The Labute approximate surface area is 165 Å². The van der Waals surface area contributed by atoms with Gasteiger partial charge in [0.05, 0.1) is 17.6 Å². The second-order valence-electron chi connectivity index (χ2n) is 6.88. The van der Waals surface area contributed by atoms with Crippen LogP contribution in [0.4, 0.5) is 5.69 Å². The number of hydrogen-bond acceptors (Lipinski definition) is 3. The highest BCUT2D eigenvalue weighted by atomic mass is 16.2. The molecule has 0 atom stereocenters. The molecule has 0 aliphatic heterocycles. The molecule has 0 fully saturated rings. The van der Waals surface area contributed by atoms with Crippen molar-refractivity contribution in [2.24, 2.45) is 0 Å². The minimum absolute atomic E-state index is 0.0396. The fourth-order valence-electron chi connectivity index (χ4n) is 3.15. The van der Waals surface area contributed by atoms with Crippen molar-refractivity contribution in [3.63, 3.8) is 0 Å². The molecule has 2 aromatic carbocycles. The Morgan fingerprint density at radius 3 is 2.61 bits per heavy atom. The third kappa shape index (κ3) is 4.97. The van der Waals surface area contributed by atoms with E-state index in [4.69, 9.17) is 0 Å². The van der Waals surface area contributed by atoms with Gasteiger partial charge in [-0.25, -0.2) is 4.98 Å². The van der Waals surface area contributed by atoms with Gasteiger partial charge in [0.15, 0.2) is 0 Å². The summed E-state index contributed by atoms with van der Waals surface area (Å²) in [6.45, 7) is 4.55. The van der Waals surface area contributed by atoms with Crippen LogP contribution in [0.15, 0.2) is 48.5 Å². The van der Waals surface area contributed by atoms with Crippen LogP contribution in [-0.2, 0) is 16.0 Å². The summed E-state index contributed by atoms with van der Waals surface area (Å²) in [6, 6.07) is 15.4. The molecule has 28 heavy (non-hydrogen) atoms. The number of nitrogens with one attached hydrogen (secondary N) is 2. The van der Waals surface area contributed by atoms with E-state index in [2.05, 4.69) is 15.3 Å². The van der Waals surface area contributed by atoms with Gasteiger partial charge in [-0.3, -0.25) is 9.59 Å². The molecular weight excluding hydrogens is 352 g/mol. The quantitative estimate of drug-likeness (QED) is 0.628. The lowest BCUT2D eigenvalue weighted by Gasteiger charge is -2.21. The van der Waals surface area contributed by atoms with Crippen molar-refractivity contribution in [3.8, 4) is 0 Å². The number of rotatable bonds is 8. The number of aromatic amines is 1. The minimum Gasteiger partial charge on any atom is -0.342 e. The van der Waals surface area contributed by atoms with Gasteiger partial charge in [-0.05, 0) is 37.1 Å². The van der Waals surface area contributed by atoms with Gasteiger partial charge < -0.3 is 15.2 Å². The van der Waals surface area contributed by atoms with Gasteiger partial charge in [-0.1, -0.05) is 37.3 Å². The third-order valence-corrected chi connectivity index (χ3v) is 4.61. The van der Waals surface area contributed by atoms with Gasteiger partial charge in [0.1, 0.15) is 5.82 Å². The number of imidazole rings is 1. The molecule has 3 rings (SSSR count). The first kappa shape index (κ1) is 19.6. The smallest absolute Gasteiger partial charge is 0.244 e. The Hall–Kier alpha value is -3.15. The van der Waals surface area contributed by atoms with Crippen molar-refractivity contribution in [2.75, 3.05) is 18.4 Å². The molecular formula is C22H26N4O2. The first-order valence-corrected chi connectivity index (χ1v) is 9.63. The number of hydrogen-bond donors (Lipinski definition) is 2. The lowest BCUT2D eigenvalue weighted by molar-refractivity contribution is -0.134. The highest BCUT2D eigenvalue weighted by molar-refractivity contribution is 5.95. The Balaban J connectivity index is 1.58. The molecule has 2 amide bonds. The Morgan fingerprint density at radius 2 is 1.86 bits per heavy atom. The van der Waals surface area contributed by atoms with Gasteiger partial charge in [0.25, 0.3) is 0 Å². The van der Waals surface area contributed by atoms with Crippen LogP contribution in [0.2, 0.25) is 0 Å². The zero-order valence-corrected chi connectivity index (χ0v) is 16.4. The summed E-state index contributed by atoms with van der Waals surface area (Å²) in [5.74, 6) is 0.567. The molecule has 0 unspecified atom stereocenters. The number of benzene rings is 2. The van der Waals surface area contributed by atoms with Crippen molar-refractivity contribution in [3.05, 3.63) is 59.9 Å². The van der Waals surface area contributed by atoms with E-state index in [1.807, 2.05) is 62.4 Å². The molecule has 2 N–H and O–H groups in total. The molecule has 0 saturated heterocycles. The number of H-pyrrole nitrogens is 1. The van der Waals surface area contributed by atoms with E-state index in [0.29, 0.717) is 19.4 Å². The highest BCUT2D eigenvalue weighted by Gasteiger charge is 2.17.